The minimum atomic E-state index is -5.01. The van der Waals surface area contributed by atoms with Gasteiger partial charge in [0.1, 0.15) is 18.1 Å². The number of hydrogen-bond donors (Lipinski definition) is 2. The smallest absolute Gasteiger partial charge is 0.456 e. The minimum absolute atomic E-state index is 0.0507. The molecule has 1 saturated carbocycles. The Labute approximate surface area is 211 Å². The van der Waals surface area contributed by atoms with Crippen LogP contribution in [0.3, 0.4) is 0 Å². The van der Waals surface area contributed by atoms with Crippen molar-refractivity contribution in [2.24, 2.45) is 0 Å². The predicted octanol–water partition coefficient (Wildman–Crippen LogP) is 4.57. The van der Waals surface area contributed by atoms with Crippen molar-refractivity contribution in [3.05, 3.63) is 30.1 Å². The minimum Gasteiger partial charge on any atom is -0.456 e. The van der Waals surface area contributed by atoms with E-state index < -0.39 is 30.7 Å². The fourth-order valence-electron chi connectivity index (χ4n) is 4.14. The second kappa shape index (κ2) is 12.0. The molecule has 0 radical (unpaired) electrons. The van der Waals surface area contributed by atoms with Gasteiger partial charge in [0.15, 0.2) is 6.29 Å². The number of carbonyl (C=O) groups is 1. The molecule has 37 heavy (non-hydrogen) atoms. The first-order chi connectivity index (χ1) is 17.7. The third kappa shape index (κ3) is 7.25. The van der Waals surface area contributed by atoms with E-state index in [4.69, 9.17) is 9.47 Å². The maximum atomic E-state index is 13.8. The summed E-state index contributed by atoms with van der Waals surface area (Å²) < 4.78 is 67.1. The summed E-state index contributed by atoms with van der Waals surface area (Å²) in [6, 6.07) is 3.46. The van der Waals surface area contributed by atoms with Crippen molar-refractivity contribution in [3.63, 3.8) is 0 Å². The molecular weight excluding hydrogens is 498 g/mol. The second-order valence-corrected chi connectivity index (χ2v) is 8.91. The predicted molar refractivity (Wildman–Crippen MR) is 125 cm³/mol. The SMILES string of the molecule is CC[C@H](F)CNc1ncc(-c2cc(C3OCCO3)ccn2)c(NC2CCC(OC(=O)C(F)(F)F)CC2)n1. The zero-order chi connectivity index (χ0) is 26.4. The van der Waals surface area contributed by atoms with Crippen LogP contribution in [0.1, 0.15) is 50.9 Å². The normalized spacial score (nSPS) is 21.4. The molecule has 13 heteroatoms. The number of aromatic nitrogens is 3. The summed E-state index contributed by atoms with van der Waals surface area (Å²) in [5, 5.41) is 6.22. The highest BCUT2D eigenvalue weighted by Gasteiger charge is 2.42. The van der Waals surface area contributed by atoms with Gasteiger partial charge in [0.2, 0.25) is 5.95 Å². The standard InChI is InChI=1S/C24H29F4N5O4/c1-2-15(25)12-30-23-31-13-18(19-11-14(7-8-29-19)21-35-9-10-36-21)20(33-23)32-16-3-5-17(6-4-16)37-22(34)24(26,27)28/h7-8,11,13,15-17,21H,2-6,9-10,12H2,1H3,(H2,30,31,32,33)/t15-,16?,17?/m0/s1. The Morgan fingerprint density at radius 3 is 2.59 bits per heavy atom. The largest absolute Gasteiger partial charge is 0.490 e. The molecule has 0 bridgehead atoms. The maximum Gasteiger partial charge on any atom is 0.490 e. The van der Waals surface area contributed by atoms with Crippen LogP contribution in [0.4, 0.5) is 29.3 Å². The van der Waals surface area contributed by atoms with Gasteiger partial charge in [-0.05, 0) is 44.2 Å². The van der Waals surface area contributed by atoms with Gasteiger partial charge in [0.25, 0.3) is 0 Å². The Balaban J connectivity index is 1.50. The lowest BCUT2D eigenvalue weighted by atomic mass is 9.92. The molecule has 0 unspecified atom stereocenters. The average molecular weight is 528 g/mol. The fourth-order valence-corrected chi connectivity index (χ4v) is 4.14. The van der Waals surface area contributed by atoms with Crippen LogP contribution in [0.5, 0.6) is 0 Å². The lowest BCUT2D eigenvalue weighted by molar-refractivity contribution is -0.206. The first-order valence-corrected chi connectivity index (χ1v) is 12.2. The Bertz CT molecular complexity index is 1060. The summed E-state index contributed by atoms with van der Waals surface area (Å²) in [7, 11) is 0. The van der Waals surface area contributed by atoms with E-state index in [0.717, 1.165) is 5.56 Å². The van der Waals surface area contributed by atoms with Crippen molar-refractivity contribution < 1.29 is 36.6 Å². The summed E-state index contributed by atoms with van der Waals surface area (Å²) in [5.74, 6) is -1.50. The van der Waals surface area contributed by atoms with Crippen LogP contribution in [0, 0.1) is 0 Å². The Morgan fingerprint density at radius 1 is 1.19 bits per heavy atom. The van der Waals surface area contributed by atoms with Gasteiger partial charge in [-0.25, -0.2) is 14.2 Å². The lowest BCUT2D eigenvalue weighted by Crippen LogP contribution is -2.35. The first-order valence-electron chi connectivity index (χ1n) is 12.2. The van der Waals surface area contributed by atoms with E-state index in [1.165, 1.54) is 0 Å². The summed E-state index contributed by atoms with van der Waals surface area (Å²) in [6.07, 6.45) is -2.34. The average Bonchev–Trinajstić information content (AvgIpc) is 3.43. The fraction of sp³-hybridized carbons (Fsp3) is 0.583. The van der Waals surface area contributed by atoms with Gasteiger partial charge < -0.3 is 24.8 Å². The third-order valence-corrected chi connectivity index (χ3v) is 6.19. The van der Waals surface area contributed by atoms with Crippen LogP contribution in [-0.4, -0.2) is 65.2 Å². The number of rotatable bonds is 9. The van der Waals surface area contributed by atoms with Gasteiger partial charge in [-0.1, -0.05) is 6.92 Å². The molecule has 2 aromatic heterocycles. The Hall–Kier alpha value is -3.06. The number of hydrogen-bond acceptors (Lipinski definition) is 9. The maximum absolute atomic E-state index is 13.8. The number of ether oxygens (including phenoxy) is 3. The molecule has 2 N–H and O–H groups in total. The number of esters is 1. The molecule has 2 fully saturated rings. The highest BCUT2D eigenvalue weighted by Crippen LogP contribution is 2.32. The number of pyridine rings is 1. The van der Waals surface area contributed by atoms with Crippen molar-refractivity contribution in [2.45, 2.75) is 69.8 Å². The van der Waals surface area contributed by atoms with Crippen molar-refractivity contribution in [1.82, 2.24) is 15.0 Å². The van der Waals surface area contributed by atoms with Crippen molar-refractivity contribution in [2.75, 3.05) is 30.4 Å². The molecule has 9 nitrogen and oxygen atoms in total. The molecule has 0 aromatic carbocycles. The monoisotopic (exact) mass is 527 g/mol. The molecule has 202 valence electrons. The van der Waals surface area contributed by atoms with Gasteiger partial charge >= 0.3 is 12.1 Å². The molecule has 2 aromatic rings. The Morgan fingerprint density at radius 2 is 1.92 bits per heavy atom. The van der Waals surface area contributed by atoms with Gasteiger partial charge in [0.05, 0.1) is 24.5 Å². The molecule has 3 heterocycles. The molecular formula is C24H29F4N5O4. The topological polar surface area (TPSA) is 107 Å². The van der Waals surface area contributed by atoms with Crippen LogP contribution in [0.25, 0.3) is 11.3 Å². The van der Waals surface area contributed by atoms with Crippen LogP contribution >= 0.6 is 0 Å². The van der Waals surface area contributed by atoms with E-state index in [2.05, 4.69) is 30.3 Å². The molecule has 1 atom stereocenters. The highest BCUT2D eigenvalue weighted by molar-refractivity contribution is 5.76. The van der Waals surface area contributed by atoms with Crippen molar-refractivity contribution in [1.29, 1.82) is 0 Å². The second-order valence-electron chi connectivity index (χ2n) is 8.91. The number of halogens is 4. The van der Waals surface area contributed by atoms with E-state index in [0.29, 0.717) is 49.6 Å². The summed E-state index contributed by atoms with van der Waals surface area (Å²) in [4.78, 5) is 24.5. The van der Waals surface area contributed by atoms with Crippen molar-refractivity contribution >= 4 is 17.7 Å². The number of alkyl halides is 4. The van der Waals surface area contributed by atoms with E-state index in [-0.39, 0.29) is 31.4 Å². The summed E-state index contributed by atoms with van der Waals surface area (Å²) >= 11 is 0. The van der Waals surface area contributed by atoms with E-state index >= 15 is 0 Å². The number of carbonyl (C=O) groups excluding carboxylic acids is 1. The van der Waals surface area contributed by atoms with Crippen LogP contribution < -0.4 is 10.6 Å². The van der Waals surface area contributed by atoms with Crippen LogP contribution in [-0.2, 0) is 19.0 Å². The van der Waals surface area contributed by atoms with Gasteiger partial charge in [-0.2, -0.15) is 18.2 Å². The molecule has 2 aliphatic rings. The first kappa shape index (κ1) is 27.0. The number of nitrogens with zero attached hydrogens (tertiary/aromatic N) is 3. The third-order valence-electron chi connectivity index (χ3n) is 6.19. The van der Waals surface area contributed by atoms with Crippen molar-refractivity contribution in [3.8, 4) is 11.3 Å². The zero-order valence-corrected chi connectivity index (χ0v) is 20.3. The summed E-state index contributed by atoms with van der Waals surface area (Å²) in [6.45, 7) is 2.77. The molecule has 1 aliphatic heterocycles. The van der Waals surface area contributed by atoms with Crippen LogP contribution in [0.15, 0.2) is 24.5 Å². The highest BCUT2D eigenvalue weighted by atomic mass is 19.4. The van der Waals surface area contributed by atoms with Gasteiger partial charge in [-0.15, -0.1) is 0 Å². The molecule has 0 spiro atoms. The van der Waals surface area contributed by atoms with Gasteiger partial charge in [-0.3, -0.25) is 4.98 Å². The van der Waals surface area contributed by atoms with E-state index in [1.54, 1.807) is 25.4 Å². The number of nitrogens with one attached hydrogen (secondary N) is 2. The molecule has 1 aliphatic carbocycles. The quantitative estimate of drug-likeness (QED) is 0.358. The number of anilines is 2. The van der Waals surface area contributed by atoms with Gasteiger partial charge in [0, 0.05) is 30.5 Å². The lowest BCUT2D eigenvalue weighted by Gasteiger charge is -2.30. The summed E-state index contributed by atoms with van der Waals surface area (Å²) in [5.41, 5.74) is 1.93. The molecule has 4 rings (SSSR count). The molecule has 1 saturated heterocycles. The Kier molecular flexibility index (Phi) is 8.75. The van der Waals surface area contributed by atoms with E-state index in [1.807, 2.05) is 6.07 Å². The zero-order valence-electron chi connectivity index (χ0n) is 20.3. The molecule has 0 amide bonds. The van der Waals surface area contributed by atoms with E-state index in [9.17, 15) is 22.4 Å². The van der Waals surface area contributed by atoms with Crippen LogP contribution in [0.2, 0.25) is 0 Å².